The largest absolute Gasteiger partial charge is 0.438 e. The average molecular weight is 517 g/mol. The molecule has 0 saturated carbocycles. The average Bonchev–Trinajstić information content (AvgIpc) is 3.17. The lowest BCUT2D eigenvalue weighted by molar-refractivity contribution is -0.143. The quantitative estimate of drug-likeness (QED) is 0.384. The van der Waals surface area contributed by atoms with Crippen molar-refractivity contribution in [1.29, 1.82) is 0 Å². The van der Waals surface area contributed by atoms with Crippen molar-refractivity contribution in [2.75, 3.05) is 26.3 Å². The van der Waals surface area contributed by atoms with E-state index in [-0.39, 0.29) is 11.9 Å². The summed E-state index contributed by atoms with van der Waals surface area (Å²) in [6, 6.07) is 1.23. The van der Waals surface area contributed by atoms with E-state index < -0.39 is 29.2 Å². The highest BCUT2D eigenvalue weighted by Gasteiger charge is 2.37. The fourth-order valence-corrected chi connectivity index (χ4v) is 5.64. The number of morpholine rings is 1. The van der Waals surface area contributed by atoms with Crippen molar-refractivity contribution in [3.05, 3.63) is 45.6 Å². The molecule has 1 aliphatic heterocycles. The minimum absolute atomic E-state index is 0.00916. The van der Waals surface area contributed by atoms with Crippen molar-refractivity contribution in [3.63, 3.8) is 0 Å². The van der Waals surface area contributed by atoms with Crippen LogP contribution < -0.4 is 4.74 Å². The molecule has 5 rings (SSSR count). The van der Waals surface area contributed by atoms with Crippen LogP contribution in [0.15, 0.2) is 18.2 Å². The topological polar surface area (TPSA) is 47.5 Å². The van der Waals surface area contributed by atoms with Crippen molar-refractivity contribution >= 4 is 21.6 Å². The Morgan fingerprint density at radius 1 is 0.914 bits per heavy atom. The molecule has 1 aliphatic carbocycles. The van der Waals surface area contributed by atoms with Crippen molar-refractivity contribution < 1.29 is 35.8 Å². The molecule has 5 nitrogen and oxygen atoms in total. The van der Waals surface area contributed by atoms with Crippen LogP contribution in [0, 0.1) is 0 Å². The number of nitrogens with zero attached hydrogens (tertiary/aromatic N) is 3. The Bertz CT molecular complexity index is 1200. The van der Waals surface area contributed by atoms with Gasteiger partial charge in [-0.1, -0.05) is 0 Å². The maximum absolute atomic E-state index is 13.4. The Balaban J connectivity index is 1.60. The van der Waals surface area contributed by atoms with Gasteiger partial charge in [-0.15, -0.1) is 11.3 Å². The van der Waals surface area contributed by atoms with Crippen LogP contribution in [-0.4, -0.2) is 41.2 Å². The van der Waals surface area contributed by atoms with Gasteiger partial charge in [0.25, 0.3) is 0 Å². The van der Waals surface area contributed by atoms with Crippen molar-refractivity contribution in [1.82, 2.24) is 14.9 Å². The number of aromatic nitrogens is 2. The standard InChI is InChI=1S/C23H21F6N3O2S/c24-22(25,26)13-9-14(23(27,28)29)11-15(10-13)34-20-19-16-3-1-2-4-17(16)35-21(19)31-18(30-20)12-32-5-7-33-8-6-32/h9-11H,1-8,12H2. The summed E-state index contributed by atoms with van der Waals surface area (Å²) in [5.74, 6) is -0.179. The minimum Gasteiger partial charge on any atom is -0.438 e. The van der Waals surface area contributed by atoms with Crippen LogP contribution >= 0.6 is 11.3 Å². The Morgan fingerprint density at radius 2 is 1.57 bits per heavy atom. The van der Waals surface area contributed by atoms with Crippen LogP contribution in [0.4, 0.5) is 26.3 Å². The molecule has 35 heavy (non-hydrogen) atoms. The van der Waals surface area contributed by atoms with Gasteiger partial charge in [-0.05, 0) is 49.4 Å². The highest BCUT2D eigenvalue weighted by Crippen LogP contribution is 2.43. The lowest BCUT2D eigenvalue weighted by atomic mass is 9.97. The highest BCUT2D eigenvalue weighted by atomic mass is 32.1. The predicted octanol–water partition coefficient (Wildman–Crippen LogP) is 6.23. The molecule has 0 radical (unpaired) electrons. The number of halogens is 6. The molecule has 3 heterocycles. The van der Waals surface area contributed by atoms with E-state index in [0.29, 0.717) is 61.0 Å². The number of ether oxygens (including phenoxy) is 2. The summed E-state index contributed by atoms with van der Waals surface area (Å²) in [6.45, 7) is 2.82. The highest BCUT2D eigenvalue weighted by molar-refractivity contribution is 7.18. The number of fused-ring (bicyclic) bond motifs is 3. The first-order chi connectivity index (χ1) is 16.6. The monoisotopic (exact) mass is 517 g/mol. The van der Waals surface area contributed by atoms with Crippen LogP contribution in [-0.2, 0) is 36.5 Å². The fourth-order valence-electron chi connectivity index (χ4n) is 4.37. The van der Waals surface area contributed by atoms with Gasteiger partial charge in [0.1, 0.15) is 16.4 Å². The molecule has 2 aliphatic rings. The number of alkyl halides is 6. The second-order valence-electron chi connectivity index (χ2n) is 8.57. The van der Waals surface area contributed by atoms with E-state index in [9.17, 15) is 26.3 Å². The molecular formula is C23H21F6N3O2S. The molecule has 1 aromatic carbocycles. The number of benzene rings is 1. The lowest BCUT2D eigenvalue weighted by Gasteiger charge is -2.25. The first-order valence-electron chi connectivity index (χ1n) is 11.2. The number of rotatable bonds is 4. The summed E-state index contributed by atoms with van der Waals surface area (Å²) in [4.78, 5) is 13.0. The molecule has 1 saturated heterocycles. The van der Waals surface area contributed by atoms with Crippen LogP contribution in [0.25, 0.3) is 10.2 Å². The van der Waals surface area contributed by atoms with Crippen molar-refractivity contribution in [2.24, 2.45) is 0 Å². The molecule has 3 aromatic rings. The molecule has 0 bridgehead atoms. The van der Waals surface area contributed by atoms with E-state index in [4.69, 9.17) is 9.47 Å². The van der Waals surface area contributed by atoms with E-state index in [0.717, 1.165) is 36.1 Å². The van der Waals surface area contributed by atoms with E-state index >= 15 is 0 Å². The van der Waals surface area contributed by atoms with Gasteiger partial charge in [-0.2, -0.15) is 31.3 Å². The van der Waals surface area contributed by atoms with Gasteiger partial charge in [0.15, 0.2) is 0 Å². The second kappa shape index (κ2) is 9.21. The molecule has 0 spiro atoms. The van der Waals surface area contributed by atoms with Crippen molar-refractivity contribution in [3.8, 4) is 11.6 Å². The zero-order valence-corrected chi connectivity index (χ0v) is 19.2. The molecule has 188 valence electrons. The van der Waals surface area contributed by atoms with Gasteiger partial charge in [-0.25, -0.2) is 4.98 Å². The number of thiophene rings is 1. The smallest absolute Gasteiger partial charge is 0.416 e. The maximum atomic E-state index is 13.4. The Kier molecular flexibility index (Phi) is 6.39. The lowest BCUT2D eigenvalue weighted by Crippen LogP contribution is -2.36. The zero-order chi connectivity index (χ0) is 24.8. The van der Waals surface area contributed by atoms with E-state index in [1.54, 1.807) is 0 Å². The SMILES string of the molecule is FC(F)(F)c1cc(Oc2nc(CN3CCOCC3)nc3sc4c(c23)CCCC4)cc(C(F)(F)F)c1. The molecule has 0 amide bonds. The van der Waals surface area contributed by atoms with E-state index in [2.05, 4.69) is 14.9 Å². The third-order valence-corrected chi connectivity index (χ3v) is 7.26. The fraction of sp³-hybridized carbons (Fsp3) is 0.478. The van der Waals surface area contributed by atoms with Gasteiger partial charge in [0.2, 0.25) is 5.88 Å². The Morgan fingerprint density at radius 3 is 2.23 bits per heavy atom. The summed E-state index contributed by atoms with van der Waals surface area (Å²) < 4.78 is 91.3. The summed E-state index contributed by atoms with van der Waals surface area (Å²) in [5, 5.41) is 0.571. The third-order valence-electron chi connectivity index (χ3n) is 6.07. The van der Waals surface area contributed by atoms with Crippen LogP contribution in [0.1, 0.15) is 40.2 Å². The Hall–Kier alpha value is -2.44. The molecule has 0 N–H and O–H groups in total. The summed E-state index contributed by atoms with van der Waals surface area (Å²) in [7, 11) is 0. The summed E-state index contributed by atoms with van der Waals surface area (Å²) in [6.07, 6.45) is -6.43. The third kappa shape index (κ3) is 5.24. The van der Waals surface area contributed by atoms with E-state index in [1.807, 2.05) is 0 Å². The molecule has 1 fully saturated rings. The first-order valence-corrected chi connectivity index (χ1v) is 12.0. The van der Waals surface area contributed by atoms with Crippen molar-refractivity contribution in [2.45, 2.75) is 44.6 Å². The van der Waals surface area contributed by atoms with Gasteiger partial charge in [0, 0.05) is 18.0 Å². The summed E-state index contributed by atoms with van der Waals surface area (Å²) >= 11 is 1.48. The number of hydrogen-bond acceptors (Lipinski definition) is 6. The molecular weight excluding hydrogens is 496 g/mol. The van der Waals surface area contributed by atoms with Gasteiger partial charge >= 0.3 is 12.4 Å². The van der Waals surface area contributed by atoms with Gasteiger partial charge in [0.05, 0.1) is 36.3 Å². The second-order valence-corrected chi connectivity index (χ2v) is 9.65. The van der Waals surface area contributed by atoms with Crippen LogP contribution in [0.2, 0.25) is 0 Å². The van der Waals surface area contributed by atoms with Gasteiger partial charge in [-0.3, -0.25) is 4.90 Å². The first kappa shape index (κ1) is 24.3. The zero-order valence-electron chi connectivity index (χ0n) is 18.4. The molecule has 2 aromatic heterocycles. The van der Waals surface area contributed by atoms with Crippen LogP contribution in [0.5, 0.6) is 11.6 Å². The van der Waals surface area contributed by atoms with Gasteiger partial charge < -0.3 is 9.47 Å². The Labute approximate surface area is 200 Å². The number of aryl methyl sites for hydroxylation is 2. The molecule has 0 unspecified atom stereocenters. The predicted molar refractivity (Wildman–Crippen MR) is 117 cm³/mol. The summed E-state index contributed by atoms with van der Waals surface area (Å²) in [5.41, 5.74) is -1.91. The number of hydrogen-bond donors (Lipinski definition) is 0. The maximum Gasteiger partial charge on any atom is 0.416 e. The minimum atomic E-state index is -4.97. The molecule has 12 heteroatoms. The molecule has 0 atom stereocenters. The van der Waals surface area contributed by atoms with E-state index in [1.165, 1.54) is 11.3 Å². The van der Waals surface area contributed by atoms with Crippen LogP contribution in [0.3, 0.4) is 0 Å². The normalized spacial score (nSPS) is 17.5.